The van der Waals surface area contributed by atoms with Crippen molar-refractivity contribution in [3.8, 4) is 17.2 Å². The maximum absolute atomic E-state index is 12.2. The summed E-state index contributed by atoms with van der Waals surface area (Å²) in [6.45, 7) is 2.29. The van der Waals surface area contributed by atoms with Crippen molar-refractivity contribution in [2.45, 2.75) is 19.4 Å². The van der Waals surface area contributed by atoms with E-state index < -0.39 is 10.2 Å². The smallest absolute Gasteiger partial charge is 0.279 e. The molecule has 1 saturated heterocycles. The molecule has 22 heavy (non-hydrogen) atoms. The molecule has 1 aromatic carbocycles. The minimum Gasteiger partial charge on any atom is -0.496 e. The van der Waals surface area contributed by atoms with Crippen molar-refractivity contribution in [3.63, 3.8) is 0 Å². The molecule has 2 heterocycles. The largest absolute Gasteiger partial charge is 0.496 e. The predicted molar refractivity (Wildman–Crippen MR) is 80.6 cm³/mol. The van der Waals surface area contributed by atoms with Crippen molar-refractivity contribution in [1.29, 1.82) is 0 Å². The molecule has 2 aliphatic heterocycles. The Morgan fingerprint density at radius 2 is 1.82 bits per heavy atom. The molecule has 0 bridgehead atoms. The monoisotopic (exact) mass is 328 g/mol. The summed E-state index contributed by atoms with van der Waals surface area (Å²) in [4.78, 5) is 0. The molecule has 1 aromatic rings. The number of fused-ring (bicyclic) bond motifs is 1. The Morgan fingerprint density at radius 1 is 1.18 bits per heavy atom. The van der Waals surface area contributed by atoms with E-state index in [1.807, 2.05) is 0 Å². The second kappa shape index (κ2) is 6.31. The first-order chi connectivity index (χ1) is 10.6. The van der Waals surface area contributed by atoms with Crippen LogP contribution < -0.4 is 18.9 Å². The van der Waals surface area contributed by atoms with E-state index in [0.717, 1.165) is 18.4 Å². The molecule has 0 spiro atoms. The van der Waals surface area contributed by atoms with E-state index in [2.05, 4.69) is 4.72 Å². The molecule has 1 N–H and O–H groups in total. The van der Waals surface area contributed by atoms with E-state index in [1.54, 1.807) is 19.2 Å². The standard InChI is InChI=1S/C14H20N2O5S/c1-19-12-9-14-13(20-6-7-21-14)8-11(12)10-15-22(17,18)16-4-2-3-5-16/h8-9,15H,2-7,10H2,1H3. The quantitative estimate of drug-likeness (QED) is 0.869. The van der Waals surface area contributed by atoms with E-state index in [1.165, 1.54) is 4.31 Å². The maximum atomic E-state index is 12.2. The summed E-state index contributed by atoms with van der Waals surface area (Å²) in [5, 5.41) is 0. The zero-order valence-electron chi connectivity index (χ0n) is 12.5. The van der Waals surface area contributed by atoms with Gasteiger partial charge >= 0.3 is 0 Å². The second-order valence-electron chi connectivity index (χ2n) is 5.24. The zero-order chi connectivity index (χ0) is 15.6. The number of hydrogen-bond donors (Lipinski definition) is 1. The summed E-state index contributed by atoms with van der Waals surface area (Å²) in [7, 11) is -1.90. The van der Waals surface area contributed by atoms with Gasteiger partial charge in [0.1, 0.15) is 19.0 Å². The first-order valence-electron chi connectivity index (χ1n) is 7.31. The van der Waals surface area contributed by atoms with Gasteiger partial charge in [0.15, 0.2) is 11.5 Å². The van der Waals surface area contributed by atoms with Gasteiger partial charge in [0.25, 0.3) is 10.2 Å². The second-order valence-corrected chi connectivity index (χ2v) is 7.00. The molecular formula is C14H20N2O5S. The van der Waals surface area contributed by atoms with Crippen molar-refractivity contribution in [2.24, 2.45) is 0 Å². The predicted octanol–water partition coefficient (Wildman–Crippen LogP) is 0.897. The van der Waals surface area contributed by atoms with E-state index in [0.29, 0.717) is 43.6 Å². The van der Waals surface area contributed by atoms with Gasteiger partial charge in [-0.05, 0) is 18.9 Å². The lowest BCUT2D eigenvalue weighted by molar-refractivity contribution is 0.170. The molecule has 8 heteroatoms. The van der Waals surface area contributed by atoms with Crippen LogP contribution >= 0.6 is 0 Å². The van der Waals surface area contributed by atoms with E-state index in [9.17, 15) is 8.42 Å². The van der Waals surface area contributed by atoms with Crippen molar-refractivity contribution >= 4 is 10.2 Å². The lowest BCUT2D eigenvalue weighted by Gasteiger charge is -2.21. The fourth-order valence-corrected chi connectivity index (χ4v) is 3.89. The molecule has 7 nitrogen and oxygen atoms in total. The minimum absolute atomic E-state index is 0.151. The van der Waals surface area contributed by atoms with Gasteiger partial charge in [-0.2, -0.15) is 17.4 Å². The zero-order valence-corrected chi connectivity index (χ0v) is 13.3. The number of benzene rings is 1. The molecule has 0 amide bonds. The number of nitrogens with zero attached hydrogens (tertiary/aromatic N) is 1. The summed E-state index contributed by atoms with van der Waals surface area (Å²) in [6.07, 6.45) is 1.82. The summed E-state index contributed by atoms with van der Waals surface area (Å²) in [5.74, 6) is 1.81. The summed E-state index contributed by atoms with van der Waals surface area (Å²) in [6, 6.07) is 3.49. The van der Waals surface area contributed by atoms with Gasteiger partial charge in [-0.3, -0.25) is 0 Å². The fraction of sp³-hybridized carbons (Fsp3) is 0.571. The Hall–Kier alpha value is -1.51. The van der Waals surface area contributed by atoms with Crippen LogP contribution in [0.3, 0.4) is 0 Å². The number of hydrogen-bond acceptors (Lipinski definition) is 5. The molecular weight excluding hydrogens is 308 g/mol. The van der Waals surface area contributed by atoms with Crippen molar-refractivity contribution in [2.75, 3.05) is 33.4 Å². The van der Waals surface area contributed by atoms with Crippen LogP contribution in [0.4, 0.5) is 0 Å². The van der Waals surface area contributed by atoms with Crippen LogP contribution in [-0.2, 0) is 16.8 Å². The first kappa shape index (κ1) is 15.4. The number of nitrogens with one attached hydrogen (secondary N) is 1. The van der Waals surface area contributed by atoms with Crippen LogP contribution in [0, 0.1) is 0 Å². The molecule has 0 aromatic heterocycles. The molecule has 1 fully saturated rings. The van der Waals surface area contributed by atoms with Gasteiger partial charge in [0.05, 0.1) is 7.11 Å². The van der Waals surface area contributed by atoms with Gasteiger partial charge in [0.2, 0.25) is 0 Å². The highest BCUT2D eigenvalue weighted by molar-refractivity contribution is 7.87. The molecule has 122 valence electrons. The molecule has 0 atom stereocenters. The Kier molecular flexibility index (Phi) is 4.42. The van der Waals surface area contributed by atoms with Gasteiger partial charge in [-0.15, -0.1) is 0 Å². The summed E-state index contributed by atoms with van der Waals surface area (Å²) in [5.41, 5.74) is 0.717. The lowest BCUT2D eigenvalue weighted by atomic mass is 10.1. The molecule has 0 unspecified atom stereocenters. The molecule has 0 radical (unpaired) electrons. The third-order valence-electron chi connectivity index (χ3n) is 3.80. The Balaban J connectivity index is 1.76. The van der Waals surface area contributed by atoms with Crippen molar-refractivity contribution in [3.05, 3.63) is 17.7 Å². The van der Waals surface area contributed by atoms with E-state index in [-0.39, 0.29) is 6.54 Å². The first-order valence-corrected chi connectivity index (χ1v) is 8.75. The van der Waals surface area contributed by atoms with Crippen LogP contribution in [0.15, 0.2) is 12.1 Å². The van der Waals surface area contributed by atoms with Crippen molar-refractivity contribution < 1.29 is 22.6 Å². The highest BCUT2D eigenvalue weighted by Crippen LogP contribution is 2.36. The molecule has 0 aliphatic carbocycles. The average Bonchev–Trinajstić information content (AvgIpc) is 3.07. The molecule has 2 aliphatic rings. The number of ether oxygens (including phenoxy) is 3. The summed E-state index contributed by atoms with van der Waals surface area (Å²) >= 11 is 0. The highest BCUT2D eigenvalue weighted by atomic mass is 32.2. The number of methoxy groups -OCH3 is 1. The normalized spacial score (nSPS) is 18.4. The van der Waals surface area contributed by atoms with Crippen molar-refractivity contribution in [1.82, 2.24) is 9.03 Å². The molecule has 3 rings (SSSR count). The van der Waals surface area contributed by atoms with Gasteiger partial charge in [-0.1, -0.05) is 0 Å². The average molecular weight is 328 g/mol. The Bertz CT molecular complexity index is 641. The van der Waals surface area contributed by atoms with Crippen LogP contribution in [0.1, 0.15) is 18.4 Å². The molecule has 0 saturated carbocycles. The van der Waals surface area contributed by atoms with E-state index >= 15 is 0 Å². The van der Waals surface area contributed by atoms with E-state index in [4.69, 9.17) is 14.2 Å². The topological polar surface area (TPSA) is 77.1 Å². The maximum Gasteiger partial charge on any atom is 0.279 e. The van der Waals surface area contributed by atoms with Gasteiger partial charge in [-0.25, -0.2) is 0 Å². The number of rotatable bonds is 5. The minimum atomic E-state index is -3.45. The SMILES string of the molecule is COc1cc2c(cc1CNS(=O)(=O)N1CCCC1)OCCO2. The van der Waals surface area contributed by atoms with Crippen LogP contribution in [0.25, 0.3) is 0 Å². The highest BCUT2D eigenvalue weighted by Gasteiger charge is 2.25. The summed E-state index contributed by atoms with van der Waals surface area (Å²) < 4.78 is 44.9. The Labute approximate surface area is 130 Å². The van der Waals surface area contributed by atoms with Crippen LogP contribution in [-0.4, -0.2) is 46.1 Å². The van der Waals surface area contributed by atoms with Crippen LogP contribution in [0.5, 0.6) is 17.2 Å². The third kappa shape index (κ3) is 3.13. The van der Waals surface area contributed by atoms with Crippen LogP contribution in [0.2, 0.25) is 0 Å². The Morgan fingerprint density at radius 3 is 2.45 bits per heavy atom. The van der Waals surface area contributed by atoms with Gasteiger partial charge in [0, 0.05) is 31.3 Å². The fourth-order valence-electron chi connectivity index (χ4n) is 2.63. The van der Waals surface area contributed by atoms with Gasteiger partial charge < -0.3 is 14.2 Å². The lowest BCUT2D eigenvalue weighted by Crippen LogP contribution is -2.38. The third-order valence-corrected chi connectivity index (χ3v) is 5.35.